The fraction of sp³-hybridized carbons (Fsp3) is 0.233. The molecular formula is C60H57IrN5O-2. The van der Waals surface area contributed by atoms with Gasteiger partial charge in [-0.25, -0.2) is 4.98 Å². The van der Waals surface area contributed by atoms with Crippen LogP contribution in [0.3, 0.4) is 0 Å². The molecule has 1 radical (unpaired) electrons. The molecule has 0 fully saturated rings. The number of rotatable bonds is 7. The van der Waals surface area contributed by atoms with Crippen molar-refractivity contribution >= 4 is 33.1 Å². The van der Waals surface area contributed by atoms with Crippen LogP contribution in [-0.4, -0.2) is 24.5 Å². The number of pyridine rings is 3. The molecule has 0 spiro atoms. The van der Waals surface area contributed by atoms with Gasteiger partial charge in [-0.05, 0) is 105 Å². The number of benzene rings is 5. The first kappa shape index (κ1) is 47.0. The van der Waals surface area contributed by atoms with Crippen LogP contribution in [0.5, 0.6) is 0 Å². The molecule has 0 aliphatic carbocycles. The van der Waals surface area contributed by atoms with Crippen LogP contribution in [0.4, 0.5) is 0 Å². The Morgan fingerprint density at radius 2 is 1.27 bits per heavy atom. The van der Waals surface area contributed by atoms with Crippen molar-refractivity contribution in [2.45, 2.75) is 91.9 Å². The molecule has 0 amide bonds. The Morgan fingerprint density at radius 3 is 1.93 bits per heavy atom. The summed E-state index contributed by atoms with van der Waals surface area (Å²) in [7, 11) is 0. The molecule has 339 valence electrons. The van der Waals surface area contributed by atoms with Crippen molar-refractivity contribution in [3.05, 3.63) is 186 Å². The molecule has 10 rings (SSSR count). The molecule has 6 nitrogen and oxygen atoms in total. The van der Waals surface area contributed by atoms with Crippen molar-refractivity contribution in [3.8, 4) is 50.8 Å². The van der Waals surface area contributed by atoms with Gasteiger partial charge in [0.2, 0.25) is 5.71 Å². The molecule has 0 saturated heterocycles. The van der Waals surface area contributed by atoms with Gasteiger partial charge in [0.1, 0.15) is 0 Å². The van der Waals surface area contributed by atoms with Crippen LogP contribution in [0.15, 0.2) is 156 Å². The quantitative estimate of drug-likeness (QED) is 0.149. The molecule has 67 heavy (non-hydrogen) atoms. The summed E-state index contributed by atoms with van der Waals surface area (Å²) >= 11 is 0. The predicted octanol–water partition coefficient (Wildman–Crippen LogP) is 15.9. The zero-order valence-electron chi connectivity index (χ0n) is 40.1. The number of furan rings is 1. The SMILES string of the molecule is CC(C)c1cc(-c2ccccc2)cc(C(C)C)c1-n1c(-c2[c-]ccc3c2oc2nc(-c4cc(C(C)(C)C)cc(C(C)(C)C)n4)ccc23)nc2ccccc21.[Ir].[c-]1ccccc1-c1ccccn1. The van der Waals surface area contributed by atoms with E-state index < -0.39 is 0 Å². The van der Waals surface area contributed by atoms with E-state index in [-0.39, 0.29) is 42.8 Å². The maximum atomic E-state index is 6.79. The van der Waals surface area contributed by atoms with Crippen LogP contribution < -0.4 is 0 Å². The second-order valence-electron chi connectivity index (χ2n) is 19.8. The Morgan fingerprint density at radius 1 is 0.567 bits per heavy atom. The second-order valence-corrected chi connectivity index (χ2v) is 19.8. The summed E-state index contributed by atoms with van der Waals surface area (Å²) in [6.45, 7) is 22.5. The number of nitrogens with zero attached hydrogens (tertiary/aromatic N) is 5. The van der Waals surface area contributed by atoms with E-state index >= 15 is 0 Å². The van der Waals surface area contributed by atoms with Crippen molar-refractivity contribution in [1.29, 1.82) is 0 Å². The zero-order chi connectivity index (χ0) is 46.3. The Balaban J connectivity index is 0.000000405. The number of hydrogen-bond donors (Lipinski definition) is 0. The Bertz CT molecular complexity index is 3220. The van der Waals surface area contributed by atoms with Crippen LogP contribution in [0.1, 0.15) is 103 Å². The van der Waals surface area contributed by atoms with Gasteiger partial charge in [-0.15, -0.1) is 54.1 Å². The minimum Gasteiger partial charge on any atom is -0.486 e. The molecule has 0 aliphatic rings. The summed E-state index contributed by atoms with van der Waals surface area (Å²) in [6.07, 6.45) is 1.79. The summed E-state index contributed by atoms with van der Waals surface area (Å²) in [4.78, 5) is 19.8. The molecule has 5 aromatic carbocycles. The standard InChI is InChI=1S/C49H49N4O.C11H8N.Ir/c1-29(2)37-25-32(31-17-12-11-13-18-31)26-38(30(3)4)44(37)53-42-22-15-14-21-40(42)51-46(53)36-20-16-19-34-35-23-24-39(52-47(35)54-45(34)36)41-27-33(48(5,6)7)28-43(50-41)49(8,9)10;1-2-6-10(7-3-1)11-8-4-5-9-12-11;/h11-19,21-30H,1-10H3;1-6,8-9H;/q2*-1;. The fourth-order valence-electron chi connectivity index (χ4n) is 8.52. The summed E-state index contributed by atoms with van der Waals surface area (Å²) < 4.78 is 9.14. The topological polar surface area (TPSA) is 69.6 Å². The molecule has 10 aromatic rings. The van der Waals surface area contributed by atoms with Crippen LogP contribution in [0, 0.1) is 12.1 Å². The number of para-hydroxylation sites is 2. The molecule has 0 N–H and O–H groups in total. The molecule has 7 heteroatoms. The maximum Gasteiger partial charge on any atom is 0.216 e. The number of hydrogen-bond acceptors (Lipinski definition) is 5. The molecule has 0 aliphatic heterocycles. The van der Waals surface area contributed by atoms with Crippen molar-refractivity contribution in [2.75, 3.05) is 0 Å². The van der Waals surface area contributed by atoms with Crippen LogP contribution in [0.2, 0.25) is 0 Å². The van der Waals surface area contributed by atoms with E-state index in [4.69, 9.17) is 19.4 Å². The Kier molecular flexibility index (Phi) is 13.3. The maximum absolute atomic E-state index is 6.79. The van der Waals surface area contributed by atoms with Crippen molar-refractivity contribution in [2.24, 2.45) is 0 Å². The van der Waals surface area contributed by atoms with Gasteiger partial charge >= 0.3 is 0 Å². The van der Waals surface area contributed by atoms with Crippen LogP contribution in [-0.2, 0) is 30.9 Å². The van der Waals surface area contributed by atoms with Gasteiger partial charge in [-0.2, -0.15) is 0 Å². The largest absolute Gasteiger partial charge is 0.486 e. The second kappa shape index (κ2) is 19.0. The first-order valence-electron chi connectivity index (χ1n) is 23.0. The van der Waals surface area contributed by atoms with E-state index in [1.54, 1.807) is 6.20 Å². The number of imidazole rings is 1. The molecule has 0 saturated carbocycles. The van der Waals surface area contributed by atoms with Crippen molar-refractivity contribution in [3.63, 3.8) is 0 Å². The third-order valence-electron chi connectivity index (χ3n) is 12.2. The van der Waals surface area contributed by atoms with E-state index in [0.29, 0.717) is 5.71 Å². The third-order valence-corrected chi connectivity index (χ3v) is 12.2. The molecule has 5 aromatic heterocycles. The summed E-state index contributed by atoms with van der Waals surface area (Å²) in [5.74, 6) is 1.31. The number of fused-ring (bicyclic) bond motifs is 4. The molecule has 0 atom stereocenters. The minimum absolute atomic E-state index is 0. The van der Waals surface area contributed by atoms with E-state index in [0.717, 1.165) is 67.1 Å². The van der Waals surface area contributed by atoms with Gasteiger partial charge in [0.25, 0.3) is 0 Å². The average molecular weight is 1060 g/mol. The monoisotopic (exact) mass is 1060 g/mol. The normalized spacial score (nSPS) is 11.9. The smallest absolute Gasteiger partial charge is 0.216 e. The van der Waals surface area contributed by atoms with Gasteiger partial charge < -0.3 is 14.0 Å². The van der Waals surface area contributed by atoms with Gasteiger partial charge in [-0.1, -0.05) is 135 Å². The van der Waals surface area contributed by atoms with Gasteiger partial charge in [0.05, 0.1) is 33.8 Å². The van der Waals surface area contributed by atoms with Gasteiger partial charge in [0, 0.05) is 48.5 Å². The number of aromatic nitrogens is 5. The molecule has 0 bridgehead atoms. The average Bonchev–Trinajstić information content (AvgIpc) is 3.90. The van der Waals surface area contributed by atoms with Gasteiger partial charge in [0.15, 0.2) is 0 Å². The predicted molar refractivity (Wildman–Crippen MR) is 273 cm³/mol. The fourth-order valence-corrected chi connectivity index (χ4v) is 8.52. The summed E-state index contributed by atoms with van der Waals surface area (Å²) in [6, 6.07) is 56.9. The minimum atomic E-state index is -0.109. The van der Waals surface area contributed by atoms with E-state index in [9.17, 15) is 0 Å². The Labute approximate surface area is 409 Å². The van der Waals surface area contributed by atoms with Gasteiger partial charge in [-0.3, -0.25) is 9.97 Å². The molecular weight excluding hydrogens is 999 g/mol. The van der Waals surface area contributed by atoms with Crippen molar-refractivity contribution in [1.82, 2.24) is 24.5 Å². The Hall–Kier alpha value is -6.53. The summed E-state index contributed by atoms with van der Waals surface area (Å²) in [5, 5.41) is 1.93. The van der Waals surface area contributed by atoms with Crippen LogP contribution >= 0.6 is 0 Å². The summed E-state index contributed by atoms with van der Waals surface area (Å²) in [5.41, 5.74) is 16.0. The third kappa shape index (κ3) is 9.54. The molecule has 5 heterocycles. The van der Waals surface area contributed by atoms with E-state index in [1.807, 2.05) is 48.5 Å². The van der Waals surface area contributed by atoms with E-state index in [1.165, 1.54) is 33.5 Å². The first-order chi connectivity index (χ1) is 31.7. The van der Waals surface area contributed by atoms with Crippen molar-refractivity contribution < 1.29 is 24.5 Å². The zero-order valence-corrected chi connectivity index (χ0v) is 42.5. The van der Waals surface area contributed by atoms with Crippen LogP contribution in [0.25, 0.3) is 83.9 Å². The van der Waals surface area contributed by atoms with E-state index in [2.05, 4.69) is 188 Å². The first-order valence-corrected chi connectivity index (χ1v) is 23.0. The molecule has 0 unspecified atom stereocenters.